The fourth-order valence-corrected chi connectivity index (χ4v) is 2.80. The number of hydrogen-bond acceptors (Lipinski definition) is 9. The van der Waals surface area contributed by atoms with Crippen LogP contribution in [0.5, 0.6) is 5.75 Å². The third-order valence-electron chi connectivity index (χ3n) is 4.28. The van der Waals surface area contributed by atoms with E-state index in [2.05, 4.69) is 25.9 Å². The summed E-state index contributed by atoms with van der Waals surface area (Å²) in [7, 11) is 1.55. The smallest absolute Gasteiger partial charge is 0.408 e. The van der Waals surface area contributed by atoms with Crippen molar-refractivity contribution < 1.29 is 23.8 Å². The Kier molecular flexibility index (Phi) is 7.00. The number of benzene rings is 1. The van der Waals surface area contributed by atoms with Crippen molar-refractivity contribution in [2.45, 2.75) is 13.5 Å². The SMILES string of the molecule is COc1ccc(-c2noc(C(=O)NCCNC(=O)Cn3nc([N+](=O)[O-])c(Cl)c3C)n2)cc1. The Hall–Kier alpha value is -4.00. The topological polar surface area (TPSA) is 167 Å². The van der Waals surface area contributed by atoms with E-state index in [0.717, 1.165) is 4.68 Å². The Morgan fingerprint density at radius 2 is 1.94 bits per heavy atom. The molecule has 2 aromatic heterocycles. The van der Waals surface area contributed by atoms with E-state index in [1.54, 1.807) is 31.4 Å². The number of nitro groups is 1. The summed E-state index contributed by atoms with van der Waals surface area (Å²) in [6.45, 7) is 1.44. The molecule has 2 amide bonds. The van der Waals surface area contributed by atoms with Gasteiger partial charge in [0.05, 0.1) is 17.9 Å². The molecule has 0 fully saturated rings. The highest BCUT2D eigenvalue weighted by Crippen LogP contribution is 2.26. The molecule has 14 heteroatoms. The number of nitrogens with zero attached hydrogens (tertiary/aromatic N) is 5. The molecule has 3 aromatic rings. The van der Waals surface area contributed by atoms with Gasteiger partial charge in [-0.15, -0.1) is 0 Å². The number of hydrogen-bond donors (Lipinski definition) is 2. The first-order valence-corrected chi connectivity index (χ1v) is 9.58. The molecule has 0 saturated heterocycles. The van der Waals surface area contributed by atoms with Crippen molar-refractivity contribution in [1.29, 1.82) is 0 Å². The number of rotatable bonds is 9. The summed E-state index contributed by atoms with van der Waals surface area (Å²) in [6.07, 6.45) is 0. The fraction of sp³-hybridized carbons (Fsp3) is 0.278. The van der Waals surface area contributed by atoms with E-state index in [1.807, 2.05) is 0 Å². The Morgan fingerprint density at radius 3 is 2.56 bits per heavy atom. The maximum Gasteiger partial charge on any atom is 0.408 e. The van der Waals surface area contributed by atoms with Crippen LogP contribution in [0.15, 0.2) is 28.8 Å². The van der Waals surface area contributed by atoms with E-state index in [9.17, 15) is 19.7 Å². The number of carbonyl (C=O) groups is 2. The average Bonchev–Trinajstić information content (AvgIpc) is 3.38. The molecule has 1 aromatic carbocycles. The fourth-order valence-electron chi connectivity index (χ4n) is 2.60. The Labute approximate surface area is 185 Å². The minimum atomic E-state index is -0.725. The van der Waals surface area contributed by atoms with Crippen molar-refractivity contribution in [3.8, 4) is 17.1 Å². The zero-order chi connectivity index (χ0) is 23.3. The van der Waals surface area contributed by atoms with E-state index in [1.165, 1.54) is 6.92 Å². The summed E-state index contributed by atoms with van der Waals surface area (Å²) in [4.78, 5) is 38.3. The molecule has 13 nitrogen and oxygen atoms in total. The molecule has 0 aliphatic carbocycles. The molecule has 3 rings (SSSR count). The van der Waals surface area contributed by atoms with Crippen molar-refractivity contribution >= 4 is 29.2 Å². The second-order valence-electron chi connectivity index (χ2n) is 6.40. The molecule has 0 aliphatic rings. The summed E-state index contributed by atoms with van der Waals surface area (Å²) < 4.78 is 11.2. The predicted octanol–water partition coefficient (Wildman–Crippen LogP) is 1.36. The van der Waals surface area contributed by atoms with Crippen molar-refractivity contribution in [3.05, 3.63) is 51.0 Å². The van der Waals surface area contributed by atoms with Crippen molar-refractivity contribution in [3.63, 3.8) is 0 Å². The molecule has 0 radical (unpaired) electrons. The van der Waals surface area contributed by atoms with Gasteiger partial charge in [0.2, 0.25) is 11.7 Å². The van der Waals surface area contributed by atoms with E-state index in [4.69, 9.17) is 20.9 Å². The van der Waals surface area contributed by atoms with E-state index >= 15 is 0 Å². The number of nitrogens with one attached hydrogen (secondary N) is 2. The molecular weight excluding hydrogens is 446 g/mol. The lowest BCUT2D eigenvalue weighted by Gasteiger charge is -2.05. The molecule has 0 aliphatic heterocycles. The van der Waals surface area contributed by atoms with Crippen molar-refractivity contribution in [1.82, 2.24) is 30.6 Å². The molecule has 0 unspecified atom stereocenters. The van der Waals surface area contributed by atoms with Gasteiger partial charge in [0, 0.05) is 18.7 Å². The van der Waals surface area contributed by atoms with Crippen LogP contribution < -0.4 is 15.4 Å². The summed E-state index contributed by atoms with van der Waals surface area (Å²) in [5.41, 5.74) is 0.945. The quantitative estimate of drug-likeness (QED) is 0.270. The summed E-state index contributed by atoms with van der Waals surface area (Å²) in [6, 6.07) is 6.91. The van der Waals surface area contributed by atoms with Crippen molar-refractivity contribution in [2.75, 3.05) is 20.2 Å². The van der Waals surface area contributed by atoms with Crippen LogP contribution in [0.1, 0.15) is 16.4 Å². The third-order valence-corrected chi connectivity index (χ3v) is 4.73. The number of aromatic nitrogens is 4. The van der Waals surface area contributed by atoms with Crippen LogP contribution in [0.4, 0.5) is 5.82 Å². The molecule has 32 heavy (non-hydrogen) atoms. The van der Waals surface area contributed by atoms with Gasteiger partial charge in [0.1, 0.15) is 12.3 Å². The lowest BCUT2D eigenvalue weighted by atomic mass is 10.2. The Balaban J connectivity index is 1.46. The standard InChI is InChI=1S/C18H18ClN7O6/c1-10-14(19)16(26(29)30)23-25(10)9-13(27)20-7-8-21-17(28)18-22-15(24-32-18)11-3-5-12(31-2)6-4-11/h3-6H,7-9H2,1-2H3,(H,20,27)(H,21,28). The van der Waals surface area contributed by atoms with Gasteiger partial charge in [-0.05, 0) is 36.1 Å². The number of amides is 2. The summed E-state index contributed by atoms with van der Waals surface area (Å²) in [5, 5.41) is 23.3. The number of halogens is 1. The van der Waals surface area contributed by atoms with Crippen LogP contribution in [0.2, 0.25) is 5.02 Å². The summed E-state index contributed by atoms with van der Waals surface area (Å²) >= 11 is 5.84. The molecule has 0 saturated carbocycles. The molecule has 0 bridgehead atoms. The first-order valence-electron chi connectivity index (χ1n) is 9.20. The lowest BCUT2D eigenvalue weighted by Crippen LogP contribution is -2.36. The van der Waals surface area contributed by atoms with Crippen LogP contribution in [0, 0.1) is 17.0 Å². The number of ether oxygens (including phenoxy) is 1. The minimum absolute atomic E-state index is 0.0871. The second-order valence-corrected chi connectivity index (χ2v) is 6.77. The maximum absolute atomic E-state index is 12.1. The number of methoxy groups -OCH3 is 1. The van der Waals surface area contributed by atoms with Gasteiger partial charge in [0.15, 0.2) is 5.02 Å². The first-order chi connectivity index (χ1) is 15.3. The van der Waals surface area contributed by atoms with E-state index in [-0.39, 0.29) is 36.4 Å². The zero-order valence-corrected chi connectivity index (χ0v) is 17.8. The van der Waals surface area contributed by atoms with Crippen molar-refractivity contribution in [2.24, 2.45) is 0 Å². The molecule has 2 heterocycles. The van der Waals surface area contributed by atoms with Crippen LogP contribution in [0.25, 0.3) is 11.4 Å². The maximum atomic E-state index is 12.1. The third kappa shape index (κ3) is 5.18. The average molecular weight is 464 g/mol. The second kappa shape index (κ2) is 9.87. The highest BCUT2D eigenvalue weighted by molar-refractivity contribution is 6.33. The highest BCUT2D eigenvalue weighted by atomic mass is 35.5. The van der Waals surface area contributed by atoms with Gasteiger partial charge >= 0.3 is 17.6 Å². The molecule has 2 N–H and O–H groups in total. The van der Waals surface area contributed by atoms with Gasteiger partial charge < -0.3 is 30.0 Å². The molecular formula is C18H18ClN7O6. The van der Waals surface area contributed by atoms with Gasteiger partial charge in [-0.2, -0.15) is 9.67 Å². The van der Waals surface area contributed by atoms with Crippen LogP contribution in [-0.4, -0.2) is 56.9 Å². The van der Waals surface area contributed by atoms with Crippen LogP contribution in [0.3, 0.4) is 0 Å². The van der Waals surface area contributed by atoms with Gasteiger partial charge in [-0.1, -0.05) is 16.8 Å². The largest absolute Gasteiger partial charge is 0.497 e. The van der Waals surface area contributed by atoms with Crippen LogP contribution in [-0.2, 0) is 11.3 Å². The predicted molar refractivity (Wildman–Crippen MR) is 110 cm³/mol. The monoisotopic (exact) mass is 463 g/mol. The highest BCUT2D eigenvalue weighted by Gasteiger charge is 2.25. The van der Waals surface area contributed by atoms with Gasteiger partial charge in [-0.25, -0.2) is 0 Å². The number of carbonyl (C=O) groups excluding carboxylic acids is 2. The Bertz CT molecular complexity index is 1140. The van der Waals surface area contributed by atoms with E-state index in [0.29, 0.717) is 17.0 Å². The molecule has 0 spiro atoms. The molecule has 0 atom stereocenters. The lowest BCUT2D eigenvalue weighted by molar-refractivity contribution is -0.389. The molecule has 168 valence electrons. The normalized spacial score (nSPS) is 10.6. The summed E-state index contributed by atoms with van der Waals surface area (Å²) in [5.74, 6) is -0.892. The van der Waals surface area contributed by atoms with Crippen LogP contribution >= 0.6 is 11.6 Å². The van der Waals surface area contributed by atoms with Gasteiger partial charge in [0.25, 0.3) is 0 Å². The zero-order valence-electron chi connectivity index (χ0n) is 17.0. The first kappa shape index (κ1) is 22.7. The van der Waals surface area contributed by atoms with Gasteiger partial charge in [-0.3, -0.25) is 9.59 Å². The minimum Gasteiger partial charge on any atom is -0.497 e. The Morgan fingerprint density at radius 1 is 1.25 bits per heavy atom. The van der Waals surface area contributed by atoms with E-state index < -0.39 is 22.6 Å².